The number of ether oxygens (including phenoxy) is 1. The summed E-state index contributed by atoms with van der Waals surface area (Å²) in [6.07, 6.45) is 2.88. The molecule has 0 bridgehead atoms. The topological polar surface area (TPSA) is 90.8 Å². The molecule has 6 heteroatoms. The summed E-state index contributed by atoms with van der Waals surface area (Å²) in [6, 6.07) is 28.4. The Morgan fingerprint density at radius 2 is 1.63 bits per heavy atom. The van der Waals surface area contributed by atoms with Crippen LogP contribution in [0.4, 0.5) is 0 Å². The molecule has 0 aliphatic rings. The number of carbonyl (C=O) groups is 1. The lowest BCUT2D eigenvalue weighted by molar-refractivity contribution is 0.0706. The van der Waals surface area contributed by atoms with E-state index in [-0.39, 0.29) is 5.75 Å². The fraction of sp³-hybridized carbons (Fsp3) is 0.138. The Kier molecular flexibility index (Phi) is 8.12. The fourth-order valence-corrected chi connectivity index (χ4v) is 3.81. The Morgan fingerprint density at radius 1 is 0.886 bits per heavy atom. The zero-order valence-corrected chi connectivity index (χ0v) is 19.3. The van der Waals surface area contributed by atoms with Gasteiger partial charge in [-0.2, -0.15) is 0 Å². The van der Waals surface area contributed by atoms with E-state index in [4.69, 9.17) is 9.94 Å². The molecular formula is C29H28N2O4. The Labute approximate surface area is 204 Å². The van der Waals surface area contributed by atoms with Crippen molar-refractivity contribution in [3.63, 3.8) is 0 Å². The highest BCUT2D eigenvalue weighted by Gasteiger charge is 2.06. The van der Waals surface area contributed by atoms with Gasteiger partial charge in [0.05, 0.1) is 0 Å². The van der Waals surface area contributed by atoms with Gasteiger partial charge in [-0.3, -0.25) is 10.0 Å². The van der Waals surface area contributed by atoms with E-state index in [1.54, 1.807) is 29.7 Å². The van der Waals surface area contributed by atoms with Gasteiger partial charge in [-0.15, -0.1) is 0 Å². The van der Waals surface area contributed by atoms with Crippen molar-refractivity contribution < 1.29 is 19.8 Å². The molecule has 0 atom stereocenters. The molecular weight excluding hydrogens is 440 g/mol. The first-order valence-electron chi connectivity index (χ1n) is 11.5. The summed E-state index contributed by atoms with van der Waals surface area (Å²) in [5.74, 6) is 0.545. The first-order chi connectivity index (χ1) is 17.1. The van der Waals surface area contributed by atoms with Gasteiger partial charge in [0.1, 0.15) is 18.1 Å². The largest absolute Gasteiger partial charge is 0.508 e. The molecule has 4 aromatic carbocycles. The molecule has 0 radical (unpaired) electrons. The average Bonchev–Trinajstić information content (AvgIpc) is 2.90. The third kappa shape index (κ3) is 6.69. The third-order valence-electron chi connectivity index (χ3n) is 5.69. The van der Waals surface area contributed by atoms with Crippen LogP contribution in [0.15, 0.2) is 96.6 Å². The van der Waals surface area contributed by atoms with Gasteiger partial charge in [0.2, 0.25) is 0 Å². The molecule has 4 rings (SSSR count). The summed E-state index contributed by atoms with van der Waals surface area (Å²) in [4.78, 5) is 11.6. The van der Waals surface area contributed by atoms with Crippen molar-refractivity contribution in [3.8, 4) is 11.5 Å². The molecule has 0 saturated heterocycles. The Bertz CT molecular complexity index is 1290. The first kappa shape index (κ1) is 24.0. The van der Waals surface area contributed by atoms with Crippen LogP contribution in [-0.4, -0.2) is 35.9 Å². The number of hydrogen-bond donors (Lipinski definition) is 4. The van der Waals surface area contributed by atoms with Gasteiger partial charge >= 0.3 is 0 Å². The van der Waals surface area contributed by atoms with Gasteiger partial charge in [0.25, 0.3) is 5.91 Å². The number of phenols is 1. The SMILES string of the molecule is O=C(NO)c1ccc(C=C(CNCCc2ccc(O)cc2)COc2cccc3ccccc23)cc1. The van der Waals surface area contributed by atoms with Crippen LogP contribution >= 0.6 is 0 Å². The number of rotatable bonds is 10. The van der Waals surface area contributed by atoms with E-state index in [0.29, 0.717) is 18.7 Å². The molecule has 6 nitrogen and oxygen atoms in total. The van der Waals surface area contributed by atoms with Crippen molar-refractivity contribution in [1.82, 2.24) is 10.8 Å². The molecule has 0 spiro atoms. The summed E-state index contributed by atoms with van der Waals surface area (Å²) in [5.41, 5.74) is 5.14. The highest BCUT2D eigenvalue weighted by molar-refractivity contribution is 5.93. The quantitative estimate of drug-likeness (QED) is 0.150. The van der Waals surface area contributed by atoms with Crippen molar-refractivity contribution in [2.75, 3.05) is 19.7 Å². The molecule has 0 saturated carbocycles. The van der Waals surface area contributed by atoms with Crippen molar-refractivity contribution >= 4 is 22.8 Å². The maximum absolute atomic E-state index is 11.6. The van der Waals surface area contributed by atoms with Crippen LogP contribution in [0.5, 0.6) is 11.5 Å². The summed E-state index contributed by atoms with van der Waals surface area (Å²) >= 11 is 0. The molecule has 0 unspecified atom stereocenters. The monoisotopic (exact) mass is 468 g/mol. The molecule has 4 aromatic rings. The van der Waals surface area contributed by atoms with Gasteiger partial charge in [0, 0.05) is 17.5 Å². The molecule has 35 heavy (non-hydrogen) atoms. The molecule has 1 amide bonds. The Morgan fingerprint density at radius 3 is 2.40 bits per heavy atom. The summed E-state index contributed by atoms with van der Waals surface area (Å²) in [7, 11) is 0. The maximum atomic E-state index is 11.6. The van der Waals surface area contributed by atoms with E-state index in [2.05, 4.69) is 23.5 Å². The molecule has 0 aromatic heterocycles. The standard InChI is InChI=1S/C29H28N2O4/c32-26-14-10-21(11-15-26)16-17-30-19-23(18-22-8-12-25(13-9-22)29(33)31-34)20-35-28-7-3-5-24-4-1-2-6-27(24)28/h1-15,18,30,32,34H,16-17,19-20H2,(H,31,33). The number of nitrogens with one attached hydrogen (secondary N) is 2. The van der Waals surface area contributed by atoms with Gasteiger partial charge < -0.3 is 15.2 Å². The van der Waals surface area contributed by atoms with Crippen molar-refractivity contribution in [2.45, 2.75) is 6.42 Å². The second-order valence-corrected chi connectivity index (χ2v) is 8.22. The van der Waals surface area contributed by atoms with Gasteiger partial charge in [-0.05, 0) is 65.4 Å². The van der Waals surface area contributed by atoms with E-state index < -0.39 is 5.91 Å². The van der Waals surface area contributed by atoms with Crippen LogP contribution in [0.3, 0.4) is 0 Å². The number of amides is 1. The fourth-order valence-electron chi connectivity index (χ4n) is 3.81. The predicted octanol–water partition coefficient (Wildman–Crippen LogP) is 4.96. The highest BCUT2D eigenvalue weighted by atomic mass is 16.5. The van der Waals surface area contributed by atoms with Crippen molar-refractivity contribution in [1.29, 1.82) is 0 Å². The third-order valence-corrected chi connectivity index (χ3v) is 5.69. The Balaban J connectivity index is 1.46. The number of benzene rings is 4. The average molecular weight is 469 g/mol. The maximum Gasteiger partial charge on any atom is 0.274 e. The number of phenolic OH excluding ortho intramolecular Hbond substituents is 1. The van der Waals surface area contributed by atoms with Crippen molar-refractivity contribution in [2.24, 2.45) is 0 Å². The lowest BCUT2D eigenvalue weighted by Crippen LogP contribution is -2.22. The summed E-state index contributed by atoms with van der Waals surface area (Å²) in [6.45, 7) is 1.80. The zero-order chi connectivity index (χ0) is 24.5. The lowest BCUT2D eigenvalue weighted by Gasteiger charge is -2.14. The highest BCUT2D eigenvalue weighted by Crippen LogP contribution is 2.25. The molecule has 178 valence electrons. The van der Waals surface area contributed by atoms with E-state index in [9.17, 15) is 9.90 Å². The predicted molar refractivity (Wildman–Crippen MR) is 138 cm³/mol. The molecule has 0 fully saturated rings. The van der Waals surface area contributed by atoms with Gasteiger partial charge in [-0.1, -0.05) is 66.7 Å². The first-order valence-corrected chi connectivity index (χ1v) is 11.5. The molecule has 4 N–H and O–H groups in total. The van der Waals surface area contributed by atoms with Crippen molar-refractivity contribution in [3.05, 3.63) is 113 Å². The zero-order valence-electron chi connectivity index (χ0n) is 19.3. The minimum absolute atomic E-state index is 0.264. The minimum atomic E-state index is -0.545. The van der Waals surface area contributed by atoms with Crippen LogP contribution < -0.4 is 15.5 Å². The second-order valence-electron chi connectivity index (χ2n) is 8.22. The van der Waals surface area contributed by atoms with Crippen LogP contribution in [0.2, 0.25) is 0 Å². The Hall–Kier alpha value is -4.13. The van der Waals surface area contributed by atoms with E-state index in [0.717, 1.165) is 46.2 Å². The van der Waals surface area contributed by atoms with Crippen LogP contribution in [-0.2, 0) is 6.42 Å². The number of hydrogen-bond acceptors (Lipinski definition) is 5. The molecule has 0 aliphatic carbocycles. The minimum Gasteiger partial charge on any atom is -0.508 e. The van der Waals surface area contributed by atoms with Gasteiger partial charge in [0.15, 0.2) is 0 Å². The van der Waals surface area contributed by atoms with E-state index in [1.165, 1.54) is 0 Å². The van der Waals surface area contributed by atoms with Crippen LogP contribution in [0.25, 0.3) is 16.8 Å². The van der Waals surface area contributed by atoms with E-state index in [1.807, 2.05) is 54.6 Å². The van der Waals surface area contributed by atoms with Crippen LogP contribution in [0, 0.1) is 0 Å². The summed E-state index contributed by atoms with van der Waals surface area (Å²) < 4.78 is 6.23. The molecule has 0 heterocycles. The smallest absolute Gasteiger partial charge is 0.274 e. The normalized spacial score (nSPS) is 11.4. The van der Waals surface area contributed by atoms with Gasteiger partial charge in [-0.25, -0.2) is 5.48 Å². The number of carbonyl (C=O) groups excluding carboxylic acids is 1. The number of aromatic hydroxyl groups is 1. The van der Waals surface area contributed by atoms with Crippen LogP contribution in [0.1, 0.15) is 21.5 Å². The number of fused-ring (bicyclic) bond motifs is 1. The second kappa shape index (κ2) is 11.8. The van der Waals surface area contributed by atoms with E-state index >= 15 is 0 Å². The number of hydroxylamine groups is 1. The lowest BCUT2D eigenvalue weighted by atomic mass is 10.1. The molecule has 0 aliphatic heterocycles. The summed E-state index contributed by atoms with van der Waals surface area (Å²) in [5, 5.41) is 23.9.